The van der Waals surface area contributed by atoms with Gasteiger partial charge in [0.25, 0.3) is 0 Å². The maximum absolute atomic E-state index is 11.7. The van der Waals surface area contributed by atoms with Crippen LogP contribution in [-0.4, -0.2) is 65.5 Å². The minimum atomic E-state index is -0.495. The standard InChI is InChI=1S/C21H32N4O4/c1-22-20(28)8-7-17(13-26)25(3)18-5-4-6-19(21(18)24(2)15-27)29-14-16-9-11-23-12-10-16/h4-6,13,15-17,23H,7-12,14H2,1-3H3,(H,22,28). The highest BCUT2D eigenvalue weighted by Crippen LogP contribution is 2.38. The summed E-state index contributed by atoms with van der Waals surface area (Å²) in [5.74, 6) is 0.968. The number of para-hydroxylation sites is 1. The van der Waals surface area contributed by atoms with Crippen LogP contribution in [0.1, 0.15) is 25.7 Å². The molecule has 1 aromatic carbocycles. The molecule has 1 atom stereocenters. The van der Waals surface area contributed by atoms with Crippen LogP contribution in [0, 0.1) is 5.92 Å². The highest BCUT2D eigenvalue weighted by Gasteiger charge is 2.23. The van der Waals surface area contributed by atoms with Crippen molar-refractivity contribution >= 4 is 30.0 Å². The number of hydrogen-bond donors (Lipinski definition) is 2. The molecule has 1 heterocycles. The average molecular weight is 405 g/mol. The lowest BCUT2D eigenvalue weighted by molar-refractivity contribution is -0.120. The first kappa shape index (κ1) is 22.7. The number of aldehydes is 1. The monoisotopic (exact) mass is 404 g/mol. The van der Waals surface area contributed by atoms with Crippen molar-refractivity contribution in [3.8, 4) is 5.75 Å². The van der Waals surface area contributed by atoms with Gasteiger partial charge in [0, 0.05) is 27.6 Å². The van der Waals surface area contributed by atoms with E-state index in [9.17, 15) is 14.4 Å². The maximum Gasteiger partial charge on any atom is 0.219 e. The molecule has 0 bridgehead atoms. The Morgan fingerprint density at radius 2 is 2.03 bits per heavy atom. The van der Waals surface area contributed by atoms with Crippen LogP contribution in [-0.2, 0) is 14.4 Å². The highest BCUT2D eigenvalue weighted by atomic mass is 16.5. The van der Waals surface area contributed by atoms with Crippen molar-refractivity contribution in [2.45, 2.75) is 31.7 Å². The molecule has 0 aromatic heterocycles. The molecule has 2 rings (SSSR count). The van der Waals surface area contributed by atoms with Crippen LogP contribution in [0.4, 0.5) is 11.4 Å². The van der Waals surface area contributed by atoms with Crippen LogP contribution in [0.25, 0.3) is 0 Å². The minimum absolute atomic E-state index is 0.116. The summed E-state index contributed by atoms with van der Waals surface area (Å²) in [7, 11) is 5.02. The Morgan fingerprint density at radius 1 is 1.31 bits per heavy atom. The molecule has 2 amide bonds. The van der Waals surface area contributed by atoms with E-state index in [1.165, 1.54) is 4.90 Å². The van der Waals surface area contributed by atoms with Gasteiger partial charge in [0.2, 0.25) is 12.3 Å². The van der Waals surface area contributed by atoms with E-state index in [1.807, 2.05) is 18.2 Å². The zero-order valence-electron chi connectivity index (χ0n) is 17.5. The zero-order valence-corrected chi connectivity index (χ0v) is 17.5. The number of nitrogens with one attached hydrogen (secondary N) is 2. The number of hydrogen-bond acceptors (Lipinski definition) is 6. The third kappa shape index (κ3) is 6.19. The summed E-state index contributed by atoms with van der Waals surface area (Å²) in [6, 6.07) is 5.05. The Morgan fingerprint density at radius 3 is 2.66 bits per heavy atom. The van der Waals surface area contributed by atoms with Crippen LogP contribution in [0.5, 0.6) is 5.75 Å². The zero-order chi connectivity index (χ0) is 21.2. The molecule has 0 radical (unpaired) electrons. The SMILES string of the molecule is CNC(=O)CCC(C=O)N(C)c1cccc(OCC2CCNCC2)c1N(C)C=O. The molecular formula is C21H32N4O4. The van der Waals surface area contributed by atoms with Crippen LogP contribution < -0.4 is 25.2 Å². The fourth-order valence-corrected chi connectivity index (χ4v) is 3.51. The van der Waals surface area contributed by atoms with Gasteiger partial charge in [-0.15, -0.1) is 0 Å². The van der Waals surface area contributed by atoms with E-state index < -0.39 is 6.04 Å². The first-order valence-corrected chi connectivity index (χ1v) is 10.0. The molecule has 0 saturated carbocycles. The van der Waals surface area contributed by atoms with Gasteiger partial charge in [-0.1, -0.05) is 6.07 Å². The largest absolute Gasteiger partial charge is 0.491 e. The van der Waals surface area contributed by atoms with Gasteiger partial charge in [-0.3, -0.25) is 9.59 Å². The van der Waals surface area contributed by atoms with E-state index >= 15 is 0 Å². The molecule has 1 fully saturated rings. The number of rotatable bonds is 11. The lowest BCUT2D eigenvalue weighted by atomic mass is 9.99. The van der Waals surface area contributed by atoms with Gasteiger partial charge in [0.15, 0.2) is 0 Å². The Kier molecular flexibility index (Phi) is 8.92. The highest BCUT2D eigenvalue weighted by molar-refractivity contribution is 5.89. The summed E-state index contributed by atoms with van der Waals surface area (Å²) >= 11 is 0. The van der Waals surface area contributed by atoms with E-state index in [0.717, 1.165) is 38.6 Å². The van der Waals surface area contributed by atoms with Gasteiger partial charge >= 0.3 is 0 Å². The van der Waals surface area contributed by atoms with Crippen LogP contribution in [0.15, 0.2) is 18.2 Å². The summed E-state index contributed by atoms with van der Waals surface area (Å²) in [4.78, 5) is 38.1. The van der Waals surface area contributed by atoms with E-state index in [2.05, 4.69) is 10.6 Å². The summed E-state index contributed by atoms with van der Waals surface area (Å²) in [5, 5.41) is 5.91. The van der Waals surface area contributed by atoms with E-state index in [0.29, 0.717) is 36.1 Å². The number of likely N-dealkylation sites (N-methyl/N-ethyl adjacent to an activating group) is 1. The van der Waals surface area contributed by atoms with Crippen molar-refractivity contribution in [2.75, 3.05) is 50.6 Å². The van der Waals surface area contributed by atoms with Crippen LogP contribution in [0.2, 0.25) is 0 Å². The third-order valence-electron chi connectivity index (χ3n) is 5.40. The van der Waals surface area contributed by atoms with Crippen molar-refractivity contribution in [1.29, 1.82) is 0 Å². The molecule has 160 valence electrons. The van der Waals surface area contributed by atoms with Gasteiger partial charge in [-0.05, 0) is 50.4 Å². The summed E-state index contributed by atoms with van der Waals surface area (Å²) in [5.41, 5.74) is 1.32. The predicted octanol–water partition coefficient (Wildman–Crippen LogP) is 1.19. The number of nitrogens with zero attached hydrogens (tertiary/aromatic N) is 2. The molecule has 0 aliphatic carbocycles. The smallest absolute Gasteiger partial charge is 0.219 e. The fraction of sp³-hybridized carbons (Fsp3) is 0.571. The van der Waals surface area contributed by atoms with Crippen LogP contribution >= 0.6 is 0 Å². The number of ether oxygens (including phenoxy) is 1. The summed E-state index contributed by atoms with van der Waals surface area (Å²) < 4.78 is 6.11. The number of anilines is 2. The van der Waals surface area contributed by atoms with Gasteiger partial charge in [-0.2, -0.15) is 0 Å². The molecule has 2 N–H and O–H groups in total. The molecule has 1 aliphatic rings. The van der Waals surface area contributed by atoms with Crippen molar-refractivity contribution in [3.05, 3.63) is 18.2 Å². The number of piperidine rings is 1. The predicted molar refractivity (Wildman–Crippen MR) is 114 cm³/mol. The summed E-state index contributed by atoms with van der Waals surface area (Å²) in [6.45, 7) is 2.57. The molecule has 1 aromatic rings. The second-order valence-corrected chi connectivity index (χ2v) is 7.37. The second-order valence-electron chi connectivity index (χ2n) is 7.37. The van der Waals surface area contributed by atoms with Gasteiger partial charge in [-0.25, -0.2) is 0 Å². The normalized spacial score (nSPS) is 15.3. The molecule has 8 nitrogen and oxygen atoms in total. The van der Waals surface area contributed by atoms with E-state index in [1.54, 1.807) is 26.0 Å². The number of carbonyl (C=O) groups is 3. The summed E-state index contributed by atoms with van der Waals surface area (Å²) in [6.07, 6.45) is 4.30. The van der Waals surface area contributed by atoms with E-state index in [-0.39, 0.29) is 12.3 Å². The molecule has 1 unspecified atom stereocenters. The molecule has 1 aliphatic heterocycles. The molecule has 0 spiro atoms. The van der Waals surface area contributed by atoms with Crippen molar-refractivity contribution < 1.29 is 19.1 Å². The molecule has 8 heteroatoms. The first-order valence-electron chi connectivity index (χ1n) is 10.0. The number of amides is 2. The fourth-order valence-electron chi connectivity index (χ4n) is 3.51. The van der Waals surface area contributed by atoms with Gasteiger partial charge in [0.1, 0.15) is 17.7 Å². The number of carbonyl (C=O) groups excluding carboxylic acids is 3. The third-order valence-corrected chi connectivity index (χ3v) is 5.40. The Balaban J connectivity index is 2.23. The minimum Gasteiger partial charge on any atom is -0.491 e. The van der Waals surface area contributed by atoms with Crippen molar-refractivity contribution in [3.63, 3.8) is 0 Å². The Bertz CT molecular complexity index is 691. The lowest BCUT2D eigenvalue weighted by Crippen LogP contribution is -2.35. The van der Waals surface area contributed by atoms with Crippen LogP contribution in [0.3, 0.4) is 0 Å². The molecular weight excluding hydrogens is 372 g/mol. The average Bonchev–Trinajstić information content (AvgIpc) is 2.77. The Hall–Kier alpha value is -2.61. The quantitative estimate of drug-likeness (QED) is 0.539. The van der Waals surface area contributed by atoms with Gasteiger partial charge in [0.05, 0.1) is 18.3 Å². The topological polar surface area (TPSA) is 91.0 Å². The molecule has 1 saturated heterocycles. The van der Waals surface area contributed by atoms with Crippen molar-refractivity contribution in [2.24, 2.45) is 5.92 Å². The first-order chi connectivity index (χ1) is 14.0. The lowest BCUT2D eigenvalue weighted by Gasteiger charge is -2.31. The Labute approximate surface area is 172 Å². The van der Waals surface area contributed by atoms with Gasteiger partial charge < -0.3 is 30.0 Å². The second kappa shape index (κ2) is 11.4. The number of benzene rings is 1. The van der Waals surface area contributed by atoms with Crippen molar-refractivity contribution in [1.82, 2.24) is 10.6 Å². The molecule has 29 heavy (non-hydrogen) atoms. The van der Waals surface area contributed by atoms with E-state index in [4.69, 9.17) is 4.74 Å². The maximum atomic E-state index is 11.7.